The van der Waals surface area contributed by atoms with E-state index in [0.29, 0.717) is 5.88 Å². The standard InChI is InChI=1S/C17H16N2OS/c1-12(2)20-16-10-14(8-9-18-16)17-19-15(11-21-17)13-6-4-3-5-7-13/h3-12H,1-2H3. The third-order valence-electron chi connectivity index (χ3n) is 2.91. The number of ether oxygens (including phenoxy) is 1. The van der Waals surface area contributed by atoms with Crippen LogP contribution in [0.2, 0.25) is 0 Å². The normalized spacial score (nSPS) is 10.8. The average Bonchev–Trinajstić information content (AvgIpc) is 2.98. The summed E-state index contributed by atoms with van der Waals surface area (Å²) < 4.78 is 5.63. The molecular formula is C17H16N2OS. The van der Waals surface area contributed by atoms with Gasteiger partial charge in [-0.25, -0.2) is 9.97 Å². The molecule has 0 unspecified atom stereocenters. The first-order chi connectivity index (χ1) is 10.2. The van der Waals surface area contributed by atoms with Gasteiger partial charge in [-0.2, -0.15) is 0 Å². The van der Waals surface area contributed by atoms with Crippen molar-refractivity contribution in [2.45, 2.75) is 20.0 Å². The molecule has 0 saturated carbocycles. The number of pyridine rings is 1. The fraction of sp³-hybridized carbons (Fsp3) is 0.176. The lowest BCUT2D eigenvalue weighted by molar-refractivity contribution is 0.233. The Hall–Kier alpha value is -2.20. The van der Waals surface area contributed by atoms with E-state index in [1.54, 1.807) is 17.5 Å². The molecule has 2 heterocycles. The van der Waals surface area contributed by atoms with E-state index in [9.17, 15) is 0 Å². The summed E-state index contributed by atoms with van der Waals surface area (Å²) in [6, 6.07) is 14.1. The van der Waals surface area contributed by atoms with E-state index >= 15 is 0 Å². The summed E-state index contributed by atoms with van der Waals surface area (Å²) in [7, 11) is 0. The molecule has 0 atom stereocenters. The summed E-state index contributed by atoms with van der Waals surface area (Å²) in [5.41, 5.74) is 3.17. The minimum absolute atomic E-state index is 0.115. The predicted octanol–water partition coefficient (Wildman–Crippen LogP) is 4.66. The molecule has 21 heavy (non-hydrogen) atoms. The first kappa shape index (κ1) is 13.8. The Labute approximate surface area is 128 Å². The van der Waals surface area contributed by atoms with Gasteiger partial charge in [-0.05, 0) is 19.9 Å². The summed E-state index contributed by atoms with van der Waals surface area (Å²) in [5, 5.41) is 3.05. The second kappa shape index (κ2) is 6.06. The van der Waals surface area contributed by atoms with Crippen molar-refractivity contribution in [2.75, 3.05) is 0 Å². The van der Waals surface area contributed by atoms with Crippen LogP contribution >= 0.6 is 11.3 Å². The maximum absolute atomic E-state index is 5.63. The van der Waals surface area contributed by atoms with Gasteiger partial charge in [0.05, 0.1) is 11.8 Å². The minimum atomic E-state index is 0.115. The van der Waals surface area contributed by atoms with Crippen LogP contribution in [0.3, 0.4) is 0 Å². The molecule has 0 saturated heterocycles. The van der Waals surface area contributed by atoms with Crippen molar-refractivity contribution in [3.8, 4) is 27.7 Å². The molecule has 3 rings (SSSR count). The second-order valence-corrected chi connectivity index (χ2v) is 5.81. The third kappa shape index (κ3) is 3.28. The van der Waals surface area contributed by atoms with Gasteiger partial charge < -0.3 is 4.74 Å². The summed E-state index contributed by atoms with van der Waals surface area (Å²) in [6.45, 7) is 3.98. The van der Waals surface area contributed by atoms with Crippen molar-refractivity contribution in [1.29, 1.82) is 0 Å². The SMILES string of the molecule is CC(C)Oc1cc(-c2nc(-c3ccccc3)cs2)ccn1. The molecule has 4 heteroatoms. The van der Waals surface area contributed by atoms with Crippen LogP contribution in [-0.2, 0) is 0 Å². The van der Waals surface area contributed by atoms with Crippen molar-refractivity contribution in [3.05, 3.63) is 54.0 Å². The summed E-state index contributed by atoms with van der Waals surface area (Å²) in [6.07, 6.45) is 1.88. The Balaban J connectivity index is 1.90. The maximum Gasteiger partial charge on any atom is 0.214 e. The molecule has 0 amide bonds. The number of hydrogen-bond acceptors (Lipinski definition) is 4. The highest BCUT2D eigenvalue weighted by Crippen LogP contribution is 2.29. The van der Waals surface area contributed by atoms with E-state index in [4.69, 9.17) is 9.72 Å². The number of benzene rings is 1. The summed E-state index contributed by atoms with van der Waals surface area (Å²) in [4.78, 5) is 8.93. The Morgan fingerprint density at radius 1 is 1.05 bits per heavy atom. The number of nitrogens with zero attached hydrogens (tertiary/aromatic N) is 2. The smallest absolute Gasteiger partial charge is 0.214 e. The lowest BCUT2D eigenvalue weighted by Gasteiger charge is -2.08. The van der Waals surface area contributed by atoms with Gasteiger partial charge in [0.25, 0.3) is 0 Å². The van der Waals surface area contributed by atoms with Gasteiger partial charge in [-0.15, -0.1) is 11.3 Å². The fourth-order valence-electron chi connectivity index (χ4n) is 2.00. The highest BCUT2D eigenvalue weighted by Gasteiger charge is 2.08. The van der Waals surface area contributed by atoms with Crippen molar-refractivity contribution in [2.24, 2.45) is 0 Å². The topological polar surface area (TPSA) is 35.0 Å². The van der Waals surface area contributed by atoms with Gasteiger partial charge in [0, 0.05) is 28.8 Å². The van der Waals surface area contributed by atoms with Gasteiger partial charge in [0.2, 0.25) is 5.88 Å². The molecule has 2 aromatic heterocycles. The third-order valence-corrected chi connectivity index (χ3v) is 3.80. The van der Waals surface area contributed by atoms with Crippen LogP contribution in [0.4, 0.5) is 0 Å². The monoisotopic (exact) mass is 296 g/mol. The van der Waals surface area contributed by atoms with Crippen LogP contribution in [0, 0.1) is 0 Å². The predicted molar refractivity (Wildman–Crippen MR) is 86.5 cm³/mol. The highest BCUT2D eigenvalue weighted by molar-refractivity contribution is 7.13. The van der Waals surface area contributed by atoms with Crippen LogP contribution in [0.5, 0.6) is 5.88 Å². The molecule has 0 aliphatic heterocycles. The number of aromatic nitrogens is 2. The number of rotatable bonds is 4. The van der Waals surface area contributed by atoms with Crippen LogP contribution in [0.15, 0.2) is 54.0 Å². The quantitative estimate of drug-likeness (QED) is 0.702. The van der Waals surface area contributed by atoms with E-state index in [1.807, 2.05) is 44.2 Å². The second-order valence-electron chi connectivity index (χ2n) is 4.95. The van der Waals surface area contributed by atoms with Crippen LogP contribution in [-0.4, -0.2) is 16.1 Å². The van der Waals surface area contributed by atoms with Crippen LogP contribution in [0.1, 0.15) is 13.8 Å². The van der Waals surface area contributed by atoms with E-state index in [2.05, 4.69) is 22.5 Å². The molecule has 0 N–H and O–H groups in total. The van der Waals surface area contributed by atoms with Gasteiger partial charge in [-0.3, -0.25) is 0 Å². The van der Waals surface area contributed by atoms with E-state index in [-0.39, 0.29) is 6.10 Å². The van der Waals surface area contributed by atoms with Crippen LogP contribution < -0.4 is 4.74 Å². The highest BCUT2D eigenvalue weighted by atomic mass is 32.1. The lowest BCUT2D eigenvalue weighted by Crippen LogP contribution is -2.06. The molecule has 0 aliphatic carbocycles. The molecule has 0 radical (unpaired) electrons. The van der Waals surface area contributed by atoms with Crippen molar-refractivity contribution < 1.29 is 4.74 Å². The van der Waals surface area contributed by atoms with E-state index < -0.39 is 0 Å². The molecule has 0 spiro atoms. The molecular weight excluding hydrogens is 280 g/mol. The maximum atomic E-state index is 5.63. The van der Waals surface area contributed by atoms with Crippen LogP contribution in [0.25, 0.3) is 21.8 Å². The first-order valence-electron chi connectivity index (χ1n) is 6.86. The largest absolute Gasteiger partial charge is 0.475 e. The van der Waals surface area contributed by atoms with E-state index in [1.165, 1.54) is 0 Å². The number of thiazole rings is 1. The number of hydrogen-bond donors (Lipinski definition) is 0. The zero-order valence-corrected chi connectivity index (χ0v) is 12.8. The molecule has 3 aromatic rings. The van der Waals surface area contributed by atoms with E-state index in [0.717, 1.165) is 21.8 Å². The fourth-order valence-corrected chi connectivity index (χ4v) is 2.82. The Bertz CT molecular complexity index is 722. The Kier molecular flexibility index (Phi) is 3.97. The Morgan fingerprint density at radius 3 is 2.62 bits per heavy atom. The van der Waals surface area contributed by atoms with Crippen molar-refractivity contribution in [3.63, 3.8) is 0 Å². The zero-order chi connectivity index (χ0) is 14.7. The van der Waals surface area contributed by atoms with Gasteiger partial charge in [-0.1, -0.05) is 30.3 Å². The first-order valence-corrected chi connectivity index (χ1v) is 7.74. The molecule has 0 aliphatic rings. The zero-order valence-electron chi connectivity index (χ0n) is 12.0. The van der Waals surface area contributed by atoms with Crippen molar-refractivity contribution in [1.82, 2.24) is 9.97 Å². The molecule has 0 bridgehead atoms. The Morgan fingerprint density at radius 2 is 1.86 bits per heavy atom. The molecule has 0 fully saturated rings. The average molecular weight is 296 g/mol. The van der Waals surface area contributed by atoms with Gasteiger partial charge in [0.15, 0.2) is 0 Å². The molecule has 1 aromatic carbocycles. The lowest BCUT2D eigenvalue weighted by atomic mass is 10.2. The van der Waals surface area contributed by atoms with Gasteiger partial charge in [0.1, 0.15) is 5.01 Å². The molecule has 106 valence electrons. The molecule has 3 nitrogen and oxygen atoms in total. The summed E-state index contributed by atoms with van der Waals surface area (Å²) >= 11 is 1.63. The van der Waals surface area contributed by atoms with Gasteiger partial charge >= 0.3 is 0 Å². The summed E-state index contributed by atoms with van der Waals surface area (Å²) in [5.74, 6) is 0.638. The van der Waals surface area contributed by atoms with Crippen molar-refractivity contribution >= 4 is 11.3 Å². The minimum Gasteiger partial charge on any atom is -0.475 e.